The van der Waals surface area contributed by atoms with E-state index in [4.69, 9.17) is 4.98 Å². The summed E-state index contributed by atoms with van der Waals surface area (Å²) in [5.74, 6) is 1.29. The molecule has 3 N–H and O–H groups in total. The number of aliphatic hydroxyl groups is 1. The number of anilines is 5. The predicted octanol–water partition coefficient (Wildman–Crippen LogP) is 3.92. The summed E-state index contributed by atoms with van der Waals surface area (Å²) in [6, 6.07) is 14.2. The molecule has 36 heavy (non-hydrogen) atoms. The Morgan fingerprint density at radius 2 is 1.83 bits per heavy atom. The molecule has 1 aliphatic heterocycles. The lowest BCUT2D eigenvalue weighted by molar-refractivity contribution is 0.0104. The smallest absolute Gasteiger partial charge is 0.229 e. The number of likely N-dealkylation sites (N-methyl/N-ethyl adjacent to an activating group) is 1. The van der Waals surface area contributed by atoms with E-state index in [9.17, 15) is 10.4 Å². The normalized spacial score (nSPS) is 19.9. The van der Waals surface area contributed by atoms with Crippen LogP contribution in [0, 0.1) is 11.3 Å². The van der Waals surface area contributed by atoms with E-state index in [0.717, 1.165) is 50.3 Å². The van der Waals surface area contributed by atoms with Gasteiger partial charge >= 0.3 is 0 Å². The molecule has 0 amide bonds. The van der Waals surface area contributed by atoms with Crippen molar-refractivity contribution in [2.75, 3.05) is 48.8 Å². The van der Waals surface area contributed by atoms with E-state index < -0.39 is 5.60 Å². The van der Waals surface area contributed by atoms with E-state index in [-0.39, 0.29) is 0 Å². The molecular weight excluding hydrogens is 452 g/mol. The number of nitrogens with zero attached hydrogens (tertiary/aromatic N) is 6. The Bertz CT molecular complexity index is 1260. The Balaban J connectivity index is 1.33. The molecule has 1 fully saturated rings. The van der Waals surface area contributed by atoms with E-state index in [1.165, 1.54) is 11.9 Å². The second kappa shape index (κ2) is 10.1. The monoisotopic (exact) mass is 484 g/mol. The first-order chi connectivity index (χ1) is 17.5. The van der Waals surface area contributed by atoms with Gasteiger partial charge in [-0.2, -0.15) is 10.2 Å². The Morgan fingerprint density at radius 1 is 1.06 bits per heavy atom. The molecule has 0 radical (unpaired) electrons. The van der Waals surface area contributed by atoms with Crippen LogP contribution in [-0.2, 0) is 12.0 Å². The SMILES string of the molecule is CCC1(O)CCCc2ccc(Nc3nc(Nc4ccc(N5CCN(C)CC5)cc4)ncc3C#N)nc21. The van der Waals surface area contributed by atoms with Gasteiger partial charge in [0.15, 0.2) is 5.82 Å². The maximum atomic E-state index is 11.1. The molecule has 0 spiro atoms. The molecule has 0 bridgehead atoms. The fraction of sp³-hybridized carbons (Fsp3) is 0.407. The van der Waals surface area contributed by atoms with E-state index >= 15 is 0 Å². The third-order valence-corrected chi connectivity index (χ3v) is 7.19. The summed E-state index contributed by atoms with van der Waals surface area (Å²) in [6.45, 7) is 6.13. The van der Waals surface area contributed by atoms with Crippen molar-refractivity contribution in [3.05, 3.63) is 59.4 Å². The van der Waals surface area contributed by atoms with Crippen LogP contribution in [0.15, 0.2) is 42.6 Å². The maximum absolute atomic E-state index is 11.1. The molecule has 5 rings (SSSR count). The van der Waals surface area contributed by atoms with Gasteiger partial charge in [0.25, 0.3) is 0 Å². The highest BCUT2D eigenvalue weighted by molar-refractivity contribution is 5.64. The summed E-state index contributed by atoms with van der Waals surface area (Å²) in [5.41, 5.74) is 3.24. The fourth-order valence-electron chi connectivity index (χ4n) is 4.89. The van der Waals surface area contributed by atoms with E-state index in [2.05, 4.69) is 55.7 Å². The number of nitrogens with one attached hydrogen (secondary N) is 2. The quantitative estimate of drug-likeness (QED) is 0.479. The number of nitriles is 1. The van der Waals surface area contributed by atoms with Crippen LogP contribution in [0.4, 0.5) is 29.0 Å². The highest BCUT2D eigenvalue weighted by Crippen LogP contribution is 2.37. The molecule has 2 aliphatic rings. The number of hydrogen-bond donors (Lipinski definition) is 3. The van der Waals surface area contributed by atoms with Crippen molar-refractivity contribution in [3.8, 4) is 6.07 Å². The molecular formula is C27H32N8O. The van der Waals surface area contributed by atoms with Crippen LogP contribution in [0.1, 0.15) is 43.0 Å². The zero-order valence-electron chi connectivity index (χ0n) is 20.8. The number of piperazine rings is 1. The first kappa shape index (κ1) is 24.0. The minimum absolute atomic E-state index is 0.316. The molecule has 0 saturated carbocycles. The zero-order valence-corrected chi connectivity index (χ0v) is 20.8. The molecule has 1 saturated heterocycles. The summed E-state index contributed by atoms with van der Waals surface area (Å²) >= 11 is 0. The Kier molecular flexibility index (Phi) is 6.72. The van der Waals surface area contributed by atoms with Gasteiger partial charge in [0, 0.05) is 37.6 Å². The van der Waals surface area contributed by atoms with Gasteiger partial charge in [0.2, 0.25) is 5.95 Å². The number of pyridine rings is 1. The summed E-state index contributed by atoms with van der Waals surface area (Å²) < 4.78 is 0. The highest BCUT2D eigenvalue weighted by atomic mass is 16.3. The Labute approximate surface area is 211 Å². The molecule has 1 aromatic carbocycles. The second-order valence-corrected chi connectivity index (χ2v) is 9.60. The topological polar surface area (TPSA) is 113 Å². The number of benzene rings is 1. The van der Waals surface area contributed by atoms with Crippen LogP contribution in [0.25, 0.3) is 0 Å². The van der Waals surface area contributed by atoms with Gasteiger partial charge in [-0.15, -0.1) is 0 Å². The summed E-state index contributed by atoms with van der Waals surface area (Å²) in [7, 11) is 2.15. The van der Waals surface area contributed by atoms with Gasteiger partial charge in [-0.3, -0.25) is 0 Å². The summed E-state index contributed by atoms with van der Waals surface area (Å²) in [5, 5.41) is 27.1. The average Bonchev–Trinajstić information content (AvgIpc) is 2.90. The number of rotatable bonds is 6. The molecule has 1 atom stereocenters. The van der Waals surface area contributed by atoms with E-state index in [1.54, 1.807) is 0 Å². The molecule has 9 nitrogen and oxygen atoms in total. The molecule has 9 heteroatoms. The standard InChI is InChI=1S/C27H32N8O/c1-3-27(36)12-4-5-19-6-11-23(31-24(19)27)32-25-20(17-28)18-29-26(33-25)30-21-7-9-22(10-8-21)35-15-13-34(2)14-16-35/h6-11,18,36H,3-5,12-16H2,1-2H3,(H2,29,30,31,32,33). The predicted molar refractivity (Wildman–Crippen MR) is 141 cm³/mol. The van der Waals surface area contributed by atoms with Crippen molar-refractivity contribution in [1.29, 1.82) is 5.26 Å². The van der Waals surface area contributed by atoms with Crippen LogP contribution in [-0.4, -0.2) is 58.2 Å². The number of aromatic nitrogens is 3. The molecule has 186 valence electrons. The van der Waals surface area contributed by atoms with E-state index in [1.807, 2.05) is 31.2 Å². The van der Waals surface area contributed by atoms with Gasteiger partial charge < -0.3 is 25.5 Å². The zero-order chi connectivity index (χ0) is 25.1. The molecule has 3 heterocycles. The van der Waals surface area contributed by atoms with Crippen molar-refractivity contribution in [2.24, 2.45) is 0 Å². The molecule has 1 unspecified atom stereocenters. The number of aryl methyl sites for hydroxylation is 1. The van der Waals surface area contributed by atoms with Crippen LogP contribution in [0.2, 0.25) is 0 Å². The fourth-order valence-corrected chi connectivity index (χ4v) is 4.89. The summed E-state index contributed by atoms with van der Waals surface area (Å²) in [4.78, 5) is 18.3. The Hall–Kier alpha value is -3.74. The van der Waals surface area contributed by atoms with Crippen LogP contribution in [0.3, 0.4) is 0 Å². The van der Waals surface area contributed by atoms with Crippen molar-refractivity contribution in [2.45, 2.75) is 38.2 Å². The maximum Gasteiger partial charge on any atom is 0.229 e. The van der Waals surface area contributed by atoms with Crippen molar-refractivity contribution in [3.63, 3.8) is 0 Å². The van der Waals surface area contributed by atoms with Crippen LogP contribution in [0.5, 0.6) is 0 Å². The van der Waals surface area contributed by atoms with Crippen molar-refractivity contribution in [1.82, 2.24) is 19.9 Å². The lowest BCUT2D eigenvalue weighted by Crippen LogP contribution is -2.44. The third-order valence-electron chi connectivity index (χ3n) is 7.19. The van der Waals surface area contributed by atoms with Crippen molar-refractivity contribution < 1.29 is 5.11 Å². The minimum Gasteiger partial charge on any atom is -0.384 e. The number of fused-ring (bicyclic) bond motifs is 1. The van der Waals surface area contributed by atoms with Gasteiger partial charge in [0.05, 0.1) is 11.9 Å². The van der Waals surface area contributed by atoms with Gasteiger partial charge in [0.1, 0.15) is 23.1 Å². The third kappa shape index (κ3) is 4.96. The van der Waals surface area contributed by atoms with Gasteiger partial charge in [-0.1, -0.05) is 13.0 Å². The lowest BCUT2D eigenvalue weighted by Gasteiger charge is -2.34. The van der Waals surface area contributed by atoms with Gasteiger partial charge in [-0.05, 0) is 68.6 Å². The number of hydrogen-bond acceptors (Lipinski definition) is 9. The lowest BCUT2D eigenvalue weighted by atomic mass is 9.81. The molecule has 1 aliphatic carbocycles. The van der Waals surface area contributed by atoms with Crippen LogP contribution >= 0.6 is 0 Å². The second-order valence-electron chi connectivity index (χ2n) is 9.60. The van der Waals surface area contributed by atoms with Crippen molar-refractivity contribution >= 4 is 29.0 Å². The molecule has 2 aromatic heterocycles. The molecule has 3 aromatic rings. The van der Waals surface area contributed by atoms with Gasteiger partial charge in [-0.25, -0.2) is 9.97 Å². The average molecular weight is 485 g/mol. The van der Waals surface area contributed by atoms with Crippen LogP contribution < -0.4 is 15.5 Å². The largest absolute Gasteiger partial charge is 0.384 e. The van der Waals surface area contributed by atoms with E-state index in [0.29, 0.717) is 41.7 Å². The summed E-state index contributed by atoms with van der Waals surface area (Å²) in [6.07, 6.45) is 4.66. The first-order valence-electron chi connectivity index (χ1n) is 12.5. The highest BCUT2D eigenvalue weighted by Gasteiger charge is 2.34. The Morgan fingerprint density at radius 3 is 2.56 bits per heavy atom. The minimum atomic E-state index is -0.919. The first-order valence-corrected chi connectivity index (χ1v) is 12.5.